The zero-order valence-electron chi connectivity index (χ0n) is 15.5. The maximum absolute atomic E-state index is 12.6. The molecule has 2 rings (SSSR count). The van der Waals surface area contributed by atoms with E-state index in [1.165, 1.54) is 19.2 Å². The molecule has 2 N–H and O–H groups in total. The minimum Gasteiger partial charge on any atom is -0.384 e. The third-order valence-electron chi connectivity index (χ3n) is 3.46. The molecule has 152 valence electrons. The van der Waals surface area contributed by atoms with E-state index < -0.39 is 41.4 Å². The summed E-state index contributed by atoms with van der Waals surface area (Å²) in [4.78, 5) is 19.1. The van der Waals surface area contributed by atoms with Crippen LogP contribution in [0.25, 0.3) is 0 Å². The molecule has 0 unspecified atom stereocenters. The number of ether oxygens (including phenoxy) is 1. The largest absolute Gasteiger partial charge is 0.384 e. The van der Waals surface area contributed by atoms with E-state index in [1.807, 2.05) is 0 Å². The van der Waals surface area contributed by atoms with Gasteiger partial charge in [-0.25, -0.2) is 36.3 Å². The summed E-state index contributed by atoms with van der Waals surface area (Å²) in [5.74, 6) is -0.482. The monoisotopic (exact) mass is 428 g/mol. The first-order chi connectivity index (χ1) is 13.0. The van der Waals surface area contributed by atoms with Gasteiger partial charge in [-0.05, 0) is 32.0 Å². The lowest BCUT2D eigenvalue weighted by atomic mass is 10.4. The van der Waals surface area contributed by atoms with E-state index in [4.69, 9.17) is 4.74 Å². The molecule has 0 bridgehead atoms. The molecule has 0 fully saturated rings. The van der Waals surface area contributed by atoms with Crippen molar-refractivity contribution < 1.29 is 26.4 Å². The van der Waals surface area contributed by atoms with E-state index in [1.54, 1.807) is 24.6 Å². The van der Waals surface area contributed by atoms with Gasteiger partial charge in [0.2, 0.25) is 5.95 Å². The normalized spacial score (nSPS) is 11.8. The van der Waals surface area contributed by atoms with E-state index in [9.17, 15) is 21.6 Å². The molecule has 2 amide bonds. The second kappa shape index (κ2) is 8.63. The lowest BCUT2D eigenvalue weighted by Crippen LogP contribution is -2.35. The zero-order chi connectivity index (χ0) is 20.9. The molecular weight excluding hydrogens is 408 g/mol. The molecule has 1 heterocycles. The number of sulfonamides is 1. The van der Waals surface area contributed by atoms with Crippen LogP contribution in [0.3, 0.4) is 0 Å². The summed E-state index contributed by atoms with van der Waals surface area (Å²) in [6.07, 6.45) is 0. The molecule has 1 aromatic carbocycles. The highest BCUT2D eigenvalue weighted by molar-refractivity contribution is 7.94. The third kappa shape index (κ3) is 5.47. The van der Waals surface area contributed by atoms with Crippen LogP contribution in [0.1, 0.15) is 11.4 Å². The van der Waals surface area contributed by atoms with Crippen LogP contribution in [0.15, 0.2) is 40.1 Å². The Morgan fingerprint density at radius 2 is 1.61 bits per heavy atom. The minimum atomic E-state index is -4.48. The number of nitrogens with zero attached hydrogens (tertiary/aromatic N) is 2. The summed E-state index contributed by atoms with van der Waals surface area (Å²) < 4.78 is 56.6. The van der Waals surface area contributed by atoms with Gasteiger partial charge in [0, 0.05) is 18.5 Å². The predicted octanol–water partition coefficient (Wildman–Crippen LogP) is 1.02. The summed E-state index contributed by atoms with van der Waals surface area (Å²) in [6.45, 7) is 3.28. The van der Waals surface area contributed by atoms with Crippen molar-refractivity contribution >= 4 is 31.8 Å². The molecule has 0 radical (unpaired) electrons. The van der Waals surface area contributed by atoms with Crippen molar-refractivity contribution in [1.82, 2.24) is 14.7 Å². The number of hydrogen-bond acceptors (Lipinski definition) is 8. The van der Waals surface area contributed by atoms with Gasteiger partial charge in [-0.15, -0.1) is 0 Å². The molecule has 0 saturated carbocycles. The number of nitrogens with one attached hydrogen (secondary N) is 2. The first kappa shape index (κ1) is 21.7. The average molecular weight is 428 g/mol. The van der Waals surface area contributed by atoms with Crippen LogP contribution >= 0.6 is 0 Å². The Bertz CT molecular complexity index is 1060. The lowest BCUT2D eigenvalue weighted by Gasteiger charge is -2.12. The van der Waals surface area contributed by atoms with Gasteiger partial charge < -0.3 is 4.74 Å². The molecule has 2 aromatic rings. The van der Waals surface area contributed by atoms with Crippen molar-refractivity contribution in [3.8, 4) is 0 Å². The maximum atomic E-state index is 12.6. The van der Waals surface area contributed by atoms with Gasteiger partial charge in [-0.2, -0.15) is 0 Å². The van der Waals surface area contributed by atoms with Gasteiger partial charge in [-0.3, -0.25) is 5.32 Å². The number of rotatable bonds is 7. The number of anilines is 1. The first-order valence-electron chi connectivity index (χ1n) is 8.02. The second-order valence-electron chi connectivity index (χ2n) is 5.79. The van der Waals surface area contributed by atoms with E-state index in [-0.39, 0.29) is 12.6 Å². The standard InChI is InChI=1S/C16H20N4O6S2/c1-11-10-12(2)18-15(17-11)19-16(21)20-28(24,25)14-7-5-4-6-13(14)27(22,23)9-8-26-3/h4-7,10H,8-9H2,1-3H3,(H2,17,18,19,20,21). The molecule has 0 aliphatic rings. The van der Waals surface area contributed by atoms with Gasteiger partial charge in [0.25, 0.3) is 10.0 Å². The van der Waals surface area contributed by atoms with E-state index in [2.05, 4.69) is 15.3 Å². The molecule has 0 aliphatic heterocycles. The van der Waals surface area contributed by atoms with Crippen LogP contribution < -0.4 is 10.0 Å². The molecule has 1 aromatic heterocycles. The number of urea groups is 1. The Morgan fingerprint density at radius 3 is 2.18 bits per heavy atom. The van der Waals surface area contributed by atoms with E-state index in [0.29, 0.717) is 11.4 Å². The Morgan fingerprint density at radius 1 is 1.04 bits per heavy atom. The number of methoxy groups -OCH3 is 1. The van der Waals surface area contributed by atoms with Crippen LogP contribution in [0, 0.1) is 13.8 Å². The van der Waals surface area contributed by atoms with Gasteiger partial charge >= 0.3 is 6.03 Å². The highest BCUT2D eigenvalue weighted by atomic mass is 32.2. The molecule has 0 spiro atoms. The summed E-state index contributed by atoms with van der Waals surface area (Å²) >= 11 is 0. The third-order valence-corrected chi connectivity index (χ3v) is 6.71. The summed E-state index contributed by atoms with van der Waals surface area (Å²) in [5.41, 5.74) is 1.17. The fourth-order valence-corrected chi connectivity index (χ4v) is 5.29. The SMILES string of the molecule is COCCS(=O)(=O)c1ccccc1S(=O)(=O)NC(=O)Nc1nc(C)cc(C)n1. The van der Waals surface area contributed by atoms with Crippen LogP contribution in [0.4, 0.5) is 10.7 Å². The summed E-state index contributed by atoms with van der Waals surface area (Å²) in [7, 11) is -7.09. The highest BCUT2D eigenvalue weighted by Gasteiger charge is 2.27. The van der Waals surface area contributed by atoms with Crippen LogP contribution in [-0.4, -0.2) is 52.3 Å². The Balaban J connectivity index is 2.29. The van der Waals surface area contributed by atoms with Gasteiger partial charge in [-0.1, -0.05) is 12.1 Å². The molecular formula is C16H20N4O6S2. The number of amides is 2. The fraction of sp³-hybridized carbons (Fsp3) is 0.312. The minimum absolute atomic E-state index is 0.0776. The Labute approximate surface area is 163 Å². The molecule has 12 heteroatoms. The smallest absolute Gasteiger partial charge is 0.335 e. The average Bonchev–Trinajstić information content (AvgIpc) is 2.58. The zero-order valence-corrected chi connectivity index (χ0v) is 17.1. The van der Waals surface area contributed by atoms with Crippen molar-refractivity contribution in [2.45, 2.75) is 23.6 Å². The molecule has 28 heavy (non-hydrogen) atoms. The van der Waals surface area contributed by atoms with Gasteiger partial charge in [0.05, 0.1) is 17.3 Å². The van der Waals surface area contributed by atoms with E-state index in [0.717, 1.165) is 12.1 Å². The molecule has 0 aliphatic carbocycles. The van der Waals surface area contributed by atoms with E-state index >= 15 is 0 Å². The van der Waals surface area contributed by atoms with Gasteiger partial charge in [0.15, 0.2) is 9.84 Å². The van der Waals surface area contributed by atoms with Crippen molar-refractivity contribution in [3.63, 3.8) is 0 Å². The van der Waals surface area contributed by atoms with Crippen LogP contribution in [0.5, 0.6) is 0 Å². The van der Waals surface area contributed by atoms with Crippen molar-refractivity contribution in [2.24, 2.45) is 0 Å². The first-order valence-corrected chi connectivity index (χ1v) is 11.2. The van der Waals surface area contributed by atoms with Crippen molar-refractivity contribution in [2.75, 3.05) is 24.8 Å². The molecule has 10 nitrogen and oxygen atoms in total. The lowest BCUT2D eigenvalue weighted by molar-refractivity contribution is 0.217. The molecule has 0 atom stereocenters. The van der Waals surface area contributed by atoms with Crippen molar-refractivity contribution in [1.29, 1.82) is 0 Å². The predicted molar refractivity (Wildman–Crippen MR) is 101 cm³/mol. The number of sulfone groups is 1. The number of carbonyl (C=O) groups excluding carboxylic acids is 1. The summed E-state index contributed by atoms with van der Waals surface area (Å²) in [6, 6.07) is 5.57. The van der Waals surface area contributed by atoms with Crippen LogP contribution in [0.2, 0.25) is 0 Å². The number of benzene rings is 1. The van der Waals surface area contributed by atoms with Crippen molar-refractivity contribution in [3.05, 3.63) is 41.7 Å². The number of carbonyl (C=O) groups is 1. The topological polar surface area (TPSA) is 144 Å². The molecule has 0 saturated heterocycles. The maximum Gasteiger partial charge on any atom is 0.335 e. The van der Waals surface area contributed by atoms with Gasteiger partial charge in [0.1, 0.15) is 4.90 Å². The quantitative estimate of drug-likeness (QED) is 0.665. The number of aryl methyl sites for hydroxylation is 2. The number of hydrogen-bond donors (Lipinski definition) is 2. The fourth-order valence-electron chi connectivity index (χ4n) is 2.32. The number of aromatic nitrogens is 2. The van der Waals surface area contributed by atoms with Crippen LogP contribution in [-0.2, 0) is 24.6 Å². The second-order valence-corrected chi connectivity index (χ2v) is 9.52. The highest BCUT2D eigenvalue weighted by Crippen LogP contribution is 2.22. The Hall–Kier alpha value is -2.57. The Kier molecular flexibility index (Phi) is 6.69. The summed E-state index contributed by atoms with van der Waals surface area (Å²) in [5, 5.41) is 2.22.